The van der Waals surface area contributed by atoms with Crippen molar-refractivity contribution in [3.8, 4) is 5.75 Å². The average Bonchev–Trinajstić information content (AvgIpc) is 3.27. The third-order valence-corrected chi connectivity index (χ3v) is 5.03. The highest BCUT2D eigenvalue weighted by Crippen LogP contribution is 2.23. The average molecular weight is 412 g/mol. The Bertz CT molecular complexity index is 1110. The van der Waals surface area contributed by atoms with Crippen molar-refractivity contribution in [2.24, 2.45) is 0 Å². The highest BCUT2D eigenvalue weighted by molar-refractivity contribution is 5.92. The molecular weight excluding hydrogens is 388 g/mol. The minimum atomic E-state index is -0.309. The molecule has 2 aromatic carbocycles. The molecule has 1 N–H and O–H groups in total. The van der Waals surface area contributed by atoms with Gasteiger partial charge >= 0.3 is 0 Å². The minimum Gasteiger partial charge on any atom is -0.485 e. The van der Waals surface area contributed by atoms with Gasteiger partial charge in [-0.1, -0.05) is 48.0 Å². The number of rotatable bonds is 7. The molecule has 0 saturated carbocycles. The largest absolute Gasteiger partial charge is 0.485 e. The first kappa shape index (κ1) is 20.4. The summed E-state index contributed by atoms with van der Waals surface area (Å²) in [4.78, 5) is 17.0. The van der Waals surface area contributed by atoms with E-state index in [1.165, 1.54) is 5.56 Å². The van der Waals surface area contributed by atoms with Crippen LogP contribution in [0, 0.1) is 13.8 Å². The van der Waals surface area contributed by atoms with Crippen LogP contribution >= 0.6 is 0 Å². The molecule has 156 valence electrons. The number of aromatic nitrogens is 1. The predicted molar refractivity (Wildman–Crippen MR) is 119 cm³/mol. The number of nitrogens with one attached hydrogen (secondary N) is 1. The van der Waals surface area contributed by atoms with E-state index < -0.39 is 0 Å². The van der Waals surface area contributed by atoms with Gasteiger partial charge in [-0.3, -0.25) is 9.78 Å². The normalized spacial score (nSPS) is 11.7. The number of amides is 1. The Labute approximate surface area is 181 Å². The van der Waals surface area contributed by atoms with Crippen LogP contribution in [0.25, 0.3) is 0 Å². The lowest BCUT2D eigenvalue weighted by Crippen LogP contribution is -2.29. The summed E-state index contributed by atoms with van der Waals surface area (Å²) in [5.74, 6) is 1.35. The molecule has 5 heteroatoms. The highest BCUT2D eigenvalue weighted by Gasteiger charge is 2.20. The zero-order valence-corrected chi connectivity index (χ0v) is 17.5. The van der Waals surface area contributed by atoms with Crippen molar-refractivity contribution in [1.29, 1.82) is 0 Å². The quantitative estimate of drug-likeness (QED) is 0.442. The number of ether oxygens (including phenoxy) is 1. The third-order valence-electron chi connectivity index (χ3n) is 5.03. The Morgan fingerprint density at radius 3 is 2.45 bits per heavy atom. The number of carbonyl (C=O) groups is 1. The van der Waals surface area contributed by atoms with E-state index in [9.17, 15) is 4.79 Å². The van der Waals surface area contributed by atoms with Crippen LogP contribution in [0.15, 0.2) is 89.6 Å². The fourth-order valence-electron chi connectivity index (χ4n) is 3.45. The van der Waals surface area contributed by atoms with Gasteiger partial charge in [-0.2, -0.15) is 0 Å². The molecule has 0 aliphatic rings. The van der Waals surface area contributed by atoms with Crippen LogP contribution in [0.2, 0.25) is 0 Å². The van der Waals surface area contributed by atoms with Crippen molar-refractivity contribution in [2.45, 2.75) is 26.5 Å². The summed E-state index contributed by atoms with van der Waals surface area (Å²) in [5, 5.41) is 3.07. The number of hydrogen-bond acceptors (Lipinski definition) is 4. The Hall–Kier alpha value is -3.86. The maximum absolute atomic E-state index is 12.9. The van der Waals surface area contributed by atoms with Gasteiger partial charge in [0.25, 0.3) is 5.91 Å². The molecular formula is C26H24N2O3. The molecule has 4 rings (SSSR count). The Morgan fingerprint density at radius 2 is 1.71 bits per heavy atom. The molecule has 2 heterocycles. The van der Waals surface area contributed by atoms with Crippen LogP contribution in [-0.4, -0.2) is 10.9 Å². The summed E-state index contributed by atoms with van der Waals surface area (Å²) < 4.78 is 11.6. The number of benzene rings is 2. The van der Waals surface area contributed by atoms with Gasteiger partial charge in [0.1, 0.15) is 18.1 Å². The molecule has 0 aliphatic heterocycles. The molecule has 1 atom stereocenters. The first-order valence-electron chi connectivity index (χ1n) is 10.1. The minimum absolute atomic E-state index is 0.245. The van der Waals surface area contributed by atoms with E-state index in [0.29, 0.717) is 5.76 Å². The lowest BCUT2D eigenvalue weighted by molar-refractivity contribution is 0.0911. The molecule has 31 heavy (non-hydrogen) atoms. The molecule has 4 aromatic rings. The van der Waals surface area contributed by atoms with Crippen LogP contribution in [0.1, 0.15) is 44.6 Å². The van der Waals surface area contributed by atoms with Crippen molar-refractivity contribution < 1.29 is 13.9 Å². The molecule has 0 saturated heterocycles. The molecule has 5 nitrogen and oxygen atoms in total. The number of aryl methyl sites for hydroxylation is 2. The second kappa shape index (κ2) is 9.30. The van der Waals surface area contributed by atoms with Gasteiger partial charge in [0.05, 0.1) is 6.04 Å². The van der Waals surface area contributed by atoms with E-state index in [1.54, 1.807) is 24.5 Å². The topological polar surface area (TPSA) is 64.4 Å². The number of furan rings is 1. The molecule has 0 aliphatic carbocycles. The summed E-state index contributed by atoms with van der Waals surface area (Å²) in [5.41, 5.74) is 4.17. The molecule has 0 radical (unpaired) electrons. The van der Waals surface area contributed by atoms with Crippen LogP contribution < -0.4 is 10.1 Å². The van der Waals surface area contributed by atoms with E-state index in [0.717, 1.165) is 22.4 Å². The maximum Gasteiger partial charge on any atom is 0.287 e. The fraction of sp³-hybridized carbons (Fsp3) is 0.154. The SMILES string of the molecule is Cc1ccc(OCc2ccc(C(=O)NC(c3ccccc3)c3ccncc3)o2)c(C)c1. The maximum atomic E-state index is 12.9. The number of pyridine rings is 1. The Kier molecular flexibility index (Phi) is 6.13. The van der Waals surface area contributed by atoms with E-state index in [2.05, 4.69) is 16.4 Å². The van der Waals surface area contributed by atoms with Gasteiger partial charge in [-0.05, 0) is 60.9 Å². The second-order valence-electron chi connectivity index (χ2n) is 7.42. The predicted octanol–water partition coefficient (Wildman–Crippen LogP) is 5.39. The lowest BCUT2D eigenvalue weighted by atomic mass is 9.99. The molecule has 0 fully saturated rings. The van der Waals surface area contributed by atoms with E-state index in [-0.39, 0.29) is 24.3 Å². The standard InChI is InChI=1S/C26H24N2O3/c1-18-8-10-23(19(2)16-18)30-17-22-9-11-24(31-22)26(29)28-25(20-6-4-3-5-7-20)21-12-14-27-15-13-21/h3-16,25H,17H2,1-2H3,(H,28,29). The van der Waals surface area contributed by atoms with Crippen LogP contribution in [0.5, 0.6) is 5.75 Å². The summed E-state index contributed by atoms with van der Waals surface area (Å²) in [6, 6.07) is 22.7. The van der Waals surface area contributed by atoms with Crippen molar-refractivity contribution in [2.75, 3.05) is 0 Å². The van der Waals surface area contributed by atoms with Crippen LogP contribution in [0.3, 0.4) is 0 Å². The van der Waals surface area contributed by atoms with E-state index in [1.807, 2.05) is 68.4 Å². The first-order chi connectivity index (χ1) is 15.1. The number of nitrogens with zero attached hydrogens (tertiary/aromatic N) is 1. The molecule has 2 aromatic heterocycles. The van der Waals surface area contributed by atoms with E-state index >= 15 is 0 Å². The van der Waals surface area contributed by atoms with Gasteiger partial charge in [0.2, 0.25) is 0 Å². The highest BCUT2D eigenvalue weighted by atomic mass is 16.5. The smallest absolute Gasteiger partial charge is 0.287 e. The van der Waals surface area contributed by atoms with E-state index in [4.69, 9.17) is 9.15 Å². The summed E-state index contributed by atoms with van der Waals surface area (Å²) >= 11 is 0. The summed E-state index contributed by atoms with van der Waals surface area (Å²) in [6.07, 6.45) is 3.43. The second-order valence-corrected chi connectivity index (χ2v) is 7.42. The Balaban J connectivity index is 1.47. The van der Waals surface area contributed by atoms with Crippen LogP contribution in [-0.2, 0) is 6.61 Å². The van der Waals surface area contributed by atoms with Gasteiger partial charge in [0.15, 0.2) is 5.76 Å². The van der Waals surface area contributed by atoms with Gasteiger partial charge in [-0.25, -0.2) is 0 Å². The van der Waals surface area contributed by atoms with Gasteiger partial charge in [-0.15, -0.1) is 0 Å². The molecule has 1 unspecified atom stereocenters. The summed E-state index contributed by atoms with van der Waals surface area (Å²) in [6.45, 7) is 4.30. The van der Waals surface area contributed by atoms with Gasteiger partial charge < -0.3 is 14.5 Å². The monoisotopic (exact) mass is 412 g/mol. The number of carbonyl (C=O) groups excluding carboxylic acids is 1. The zero-order valence-electron chi connectivity index (χ0n) is 17.5. The molecule has 0 spiro atoms. The number of hydrogen-bond donors (Lipinski definition) is 1. The van der Waals surface area contributed by atoms with Crippen molar-refractivity contribution in [3.63, 3.8) is 0 Å². The fourth-order valence-corrected chi connectivity index (χ4v) is 3.45. The molecule has 0 bridgehead atoms. The van der Waals surface area contributed by atoms with Crippen molar-refractivity contribution in [1.82, 2.24) is 10.3 Å². The third kappa shape index (κ3) is 5.01. The lowest BCUT2D eigenvalue weighted by Gasteiger charge is -2.19. The first-order valence-corrected chi connectivity index (χ1v) is 10.1. The van der Waals surface area contributed by atoms with Crippen LogP contribution in [0.4, 0.5) is 0 Å². The molecule has 1 amide bonds. The van der Waals surface area contributed by atoms with Crippen molar-refractivity contribution in [3.05, 3.63) is 119 Å². The van der Waals surface area contributed by atoms with Gasteiger partial charge in [0, 0.05) is 12.4 Å². The zero-order chi connectivity index (χ0) is 21.6. The summed E-state index contributed by atoms with van der Waals surface area (Å²) in [7, 11) is 0. The Morgan fingerprint density at radius 1 is 0.968 bits per heavy atom. The van der Waals surface area contributed by atoms with Crippen molar-refractivity contribution >= 4 is 5.91 Å².